The maximum atomic E-state index is 13.6. The van der Waals surface area contributed by atoms with Crippen molar-refractivity contribution in [1.82, 2.24) is 0 Å². The molecule has 1 saturated carbocycles. The summed E-state index contributed by atoms with van der Waals surface area (Å²) in [6, 6.07) is 1.96. The number of aliphatic hydroxyl groups excluding tert-OH is 1. The topological polar surface area (TPSA) is 20.2 Å². The molecule has 1 aliphatic carbocycles. The minimum Gasteiger partial charge on any atom is -0.388 e. The van der Waals surface area contributed by atoms with Gasteiger partial charge in [-0.2, -0.15) is 0 Å². The third-order valence-corrected chi connectivity index (χ3v) is 4.83. The van der Waals surface area contributed by atoms with Crippen molar-refractivity contribution in [2.24, 2.45) is 16.7 Å². The highest BCUT2D eigenvalue weighted by molar-refractivity contribution is 5.28. The van der Waals surface area contributed by atoms with Gasteiger partial charge in [-0.15, -0.1) is 0 Å². The summed E-state index contributed by atoms with van der Waals surface area (Å²) in [7, 11) is 0. The third-order valence-electron chi connectivity index (χ3n) is 4.83. The molecule has 0 aliphatic heterocycles. The standard InChI is InChI=1S/C14H17F3O/c1-13(2)12(14(13,3)4)11(18)7-5-6-8(15)10(17)9(7)16/h5-6,11-12,18H,1-4H3. The van der Waals surface area contributed by atoms with Crippen LogP contribution in [0.4, 0.5) is 13.2 Å². The molecule has 4 heteroatoms. The normalized spacial score (nSPS) is 22.9. The Labute approximate surface area is 105 Å². The molecule has 0 bridgehead atoms. The SMILES string of the molecule is CC1(C)C(C(O)c2ccc(F)c(F)c2F)C1(C)C. The summed E-state index contributed by atoms with van der Waals surface area (Å²) in [5.74, 6) is -4.23. The second-order valence-electron chi connectivity index (χ2n) is 6.13. The largest absolute Gasteiger partial charge is 0.388 e. The highest BCUT2D eigenvalue weighted by Gasteiger charge is 2.67. The van der Waals surface area contributed by atoms with Crippen LogP contribution in [0.2, 0.25) is 0 Å². The van der Waals surface area contributed by atoms with E-state index < -0.39 is 23.6 Å². The zero-order valence-electron chi connectivity index (χ0n) is 10.9. The van der Waals surface area contributed by atoms with Gasteiger partial charge in [0.05, 0.1) is 6.10 Å². The quantitative estimate of drug-likeness (QED) is 0.799. The van der Waals surface area contributed by atoms with E-state index in [1.54, 1.807) is 0 Å². The van der Waals surface area contributed by atoms with Crippen LogP contribution in [-0.4, -0.2) is 5.11 Å². The van der Waals surface area contributed by atoms with Crippen LogP contribution in [0.3, 0.4) is 0 Å². The van der Waals surface area contributed by atoms with Crippen molar-refractivity contribution in [2.75, 3.05) is 0 Å². The number of hydrogen-bond acceptors (Lipinski definition) is 1. The van der Waals surface area contributed by atoms with E-state index in [1.807, 2.05) is 27.7 Å². The van der Waals surface area contributed by atoms with Crippen molar-refractivity contribution in [1.29, 1.82) is 0 Å². The van der Waals surface area contributed by atoms with Crippen LogP contribution in [0.5, 0.6) is 0 Å². The summed E-state index contributed by atoms with van der Waals surface area (Å²) in [5, 5.41) is 10.2. The van der Waals surface area contributed by atoms with E-state index in [0.29, 0.717) is 0 Å². The van der Waals surface area contributed by atoms with E-state index in [2.05, 4.69) is 0 Å². The van der Waals surface area contributed by atoms with E-state index in [0.717, 1.165) is 12.1 Å². The fraction of sp³-hybridized carbons (Fsp3) is 0.571. The highest BCUT2D eigenvalue weighted by atomic mass is 19.2. The van der Waals surface area contributed by atoms with Crippen LogP contribution in [0.1, 0.15) is 39.4 Å². The first kappa shape index (κ1) is 13.4. The smallest absolute Gasteiger partial charge is 0.194 e. The van der Waals surface area contributed by atoms with Crippen LogP contribution >= 0.6 is 0 Å². The van der Waals surface area contributed by atoms with Gasteiger partial charge in [0, 0.05) is 11.5 Å². The summed E-state index contributed by atoms with van der Waals surface area (Å²) in [5.41, 5.74) is -0.495. The van der Waals surface area contributed by atoms with Gasteiger partial charge >= 0.3 is 0 Å². The van der Waals surface area contributed by atoms with Crippen molar-refractivity contribution in [3.05, 3.63) is 35.1 Å². The van der Waals surface area contributed by atoms with E-state index >= 15 is 0 Å². The molecule has 1 aromatic carbocycles. The van der Waals surface area contributed by atoms with Crippen molar-refractivity contribution < 1.29 is 18.3 Å². The maximum absolute atomic E-state index is 13.6. The number of rotatable bonds is 2. The van der Waals surface area contributed by atoms with Gasteiger partial charge in [0.2, 0.25) is 0 Å². The van der Waals surface area contributed by atoms with Gasteiger partial charge in [-0.1, -0.05) is 33.8 Å². The van der Waals surface area contributed by atoms with Crippen LogP contribution in [0.25, 0.3) is 0 Å². The molecular formula is C14H17F3O. The molecule has 0 radical (unpaired) electrons. The Morgan fingerprint density at radius 3 is 1.94 bits per heavy atom. The van der Waals surface area contributed by atoms with Crippen molar-refractivity contribution in [2.45, 2.75) is 33.8 Å². The van der Waals surface area contributed by atoms with Gasteiger partial charge < -0.3 is 5.11 Å². The average Bonchev–Trinajstić information content (AvgIpc) is 2.65. The highest BCUT2D eigenvalue weighted by Crippen LogP contribution is 2.72. The summed E-state index contributed by atoms with van der Waals surface area (Å²) < 4.78 is 39.6. The van der Waals surface area contributed by atoms with Crippen LogP contribution in [0.15, 0.2) is 12.1 Å². The minimum atomic E-state index is -1.53. The van der Waals surface area contributed by atoms with Gasteiger partial charge in [0.15, 0.2) is 17.5 Å². The molecule has 1 unspecified atom stereocenters. The predicted molar refractivity (Wildman–Crippen MR) is 62.3 cm³/mol. The van der Waals surface area contributed by atoms with Crippen molar-refractivity contribution in [3.8, 4) is 0 Å². The molecule has 1 aromatic rings. The number of halogens is 3. The molecule has 0 saturated heterocycles. The monoisotopic (exact) mass is 258 g/mol. The molecule has 18 heavy (non-hydrogen) atoms. The van der Waals surface area contributed by atoms with Crippen molar-refractivity contribution >= 4 is 0 Å². The number of aliphatic hydroxyl groups is 1. The van der Waals surface area contributed by atoms with E-state index in [1.165, 1.54) is 0 Å². The zero-order valence-corrected chi connectivity index (χ0v) is 10.9. The number of benzene rings is 1. The lowest BCUT2D eigenvalue weighted by molar-refractivity contribution is 0.125. The Morgan fingerprint density at radius 2 is 1.50 bits per heavy atom. The van der Waals surface area contributed by atoms with E-state index in [4.69, 9.17) is 0 Å². The first-order chi connectivity index (χ1) is 8.12. The second kappa shape index (κ2) is 3.73. The molecule has 1 fully saturated rings. The van der Waals surface area contributed by atoms with Gasteiger partial charge in [0.1, 0.15) is 0 Å². The fourth-order valence-electron chi connectivity index (χ4n) is 2.99. The summed E-state index contributed by atoms with van der Waals surface area (Å²) in [6.45, 7) is 7.88. The van der Waals surface area contributed by atoms with E-state index in [9.17, 15) is 18.3 Å². The molecule has 2 rings (SSSR count). The minimum absolute atomic E-state index is 0.163. The third kappa shape index (κ3) is 1.58. The summed E-state index contributed by atoms with van der Waals surface area (Å²) in [6.07, 6.45) is -1.12. The molecule has 0 amide bonds. The zero-order chi connectivity index (χ0) is 13.9. The maximum Gasteiger partial charge on any atom is 0.194 e. The van der Waals surface area contributed by atoms with Crippen LogP contribution in [-0.2, 0) is 0 Å². The molecule has 100 valence electrons. The summed E-state index contributed by atoms with van der Waals surface area (Å²) >= 11 is 0. The van der Waals surface area contributed by atoms with Crippen LogP contribution < -0.4 is 0 Å². The lowest BCUT2D eigenvalue weighted by atomic mass is 9.99. The van der Waals surface area contributed by atoms with Gasteiger partial charge in [-0.3, -0.25) is 0 Å². The van der Waals surface area contributed by atoms with Gasteiger partial charge in [0.25, 0.3) is 0 Å². The second-order valence-corrected chi connectivity index (χ2v) is 6.13. The number of hydrogen-bond donors (Lipinski definition) is 1. The molecule has 1 atom stereocenters. The van der Waals surface area contributed by atoms with Gasteiger partial charge in [-0.05, 0) is 16.9 Å². The Bertz CT molecular complexity index is 480. The lowest BCUT2D eigenvalue weighted by Gasteiger charge is -2.14. The average molecular weight is 258 g/mol. The Hall–Kier alpha value is -1.03. The Kier molecular flexibility index (Phi) is 2.78. The van der Waals surface area contributed by atoms with Crippen molar-refractivity contribution in [3.63, 3.8) is 0 Å². The van der Waals surface area contributed by atoms with E-state index in [-0.39, 0.29) is 22.3 Å². The predicted octanol–water partition coefficient (Wildman–Crippen LogP) is 3.82. The molecule has 1 nitrogen and oxygen atoms in total. The molecule has 1 N–H and O–H groups in total. The summed E-state index contributed by atoms with van der Waals surface area (Å²) in [4.78, 5) is 0. The molecule has 0 aromatic heterocycles. The molecule has 0 spiro atoms. The lowest BCUT2D eigenvalue weighted by Crippen LogP contribution is -2.09. The first-order valence-corrected chi connectivity index (χ1v) is 5.94. The molecular weight excluding hydrogens is 241 g/mol. The van der Waals surface area contributed by atoms with Gasteiger partial charge in [-0.25, -0.2) is 13.2 Å². The van der Waals surface area contributed by atoms with Crippen LogP contribution in [0, 0.1) is 34.2 Å². The molecule has 0 heterocycles. The fourth-order valence-corrected chi connectivity index (χ4v) is 2.99. The Morgan fingerprint density at radius 1 is 1.00 bits per heavy atom. The molecule has 1 aliphatic rings. The first-order valence-electron chi connectivity index (χ1n) is 5.94. The Balaban J connectivity index is 2.38.